The number of hydrogen-bond acceptors (Lipinski definition) is 4. The van der Waals surface area contributed by atoms with Crippen molar-refractivity contribution in [2.45, 2.75) is 41.5 Å². The molecule has 2 heterocycles. The standard InChI is InChI=1S/C21H26N2.C9H6N2.2ClH.Ru/c1-14-9-16(3)20(17(4)10-14)22-7-8-23(13-22)21-18(5)11-15(2)12-19(21)6;1-7-3-2-4-8-9(7)11-6-5-10-8;;;/h9-12H,7-8H2,1-6H3;1-6H;2*1H;/q;;;;+2/p-2. The van der Waals surface area contributed by atoms with Crippen molar-refractivity contribution >= 4 is 46.4 Å². The zero-order chi connectivity index (χ0) is 26.7. The summed E-state index contributed by atoms with van der Waals surface area (Å²) in [5.74, 6) is 0. The van der Waals surface area contributed by atoms with Crippen LogP contribution < -0.4 is 9.80 Å². The molecule has 3 aromatic carbocycles. The predicted molar refractivity (Wildman–Crippen MR) is 156 cm³/mol. The van der Waals surface area contributed by atoms with E-state index in [0.717, 1.165) is 29.7 Å². The maximum atomic E-state index is 5.82. The summed E-state index contributed by atoms with van der Waals surface area (Å²) in [5, 5.41) is 0. The molecular formula is C30H32Cl2N4Ru. The van der Waals surface area contributed by atoms with Gasteiger partial charge >= 0.3 is 94.7 Å². The monoisotopic (exact) mass is 620 g/mol. The second kappa shape index (κ2) is 12.0. The minimum absolute atomic E-state index is 0.856. The van der Waals surface area contributed by atoms with Gasteiger partial charge in [0.1, 0.15) is 0 Å². The van der Waals surface area contributed by atoms with Crippen molar-refractivity contribution in [3.05, 3.63) is 100 Å². The average Bonchev–Trinajstić information content (AvgIpc) is 3.27. The number of halogens is 2. The summed E-state index contributed by atoms with van der Waals surface area (Å²) in [6.45, 7) is 18.7. The first-order valence-corrected chi connectivity index (χ1v) is 17.6. The fraction of sp³-hybridized carbons (Fsp3) is 0.267. The van der Waals surface area contributed by atoms with Crippen LogP contribution in [0, 0.1) is 48.2 Å². The molecule has 0 unspecified atom stereocenters. The van der Waals surface area contributed by atoms with E-state index in [1.54, 1.807) is 12.4 Å². The SMILES string of the molecule is Cc1cc(C)c(N2[C]N(c3c(C)cc(C)cc3C)CC2)c(C)c1.[Cl][Ru]([Cl])=[CH]c1cccc2nccnc12. The quantitative estimate of drug-likeness (QED) is 0.221. The molecule has 2 radical (unpaired) electrons. The number of aromatic nitrogens is 2. The van der Waals surface area contributed by atoms with E-state index in [-0.39, 0.29) is 0 Å². The molecular weight excluding hydrogens is 588 g/mol. The fourth-order valence-electron chi connectivity index (χ4n) is 5.15. The van der Waals surface area contributed by atoms with Crippen LogP contribution in [0.2, 0.25) is 0 Å². The molecule has 0 spiro atoms. The molecule has 1 fully saturated rings. The van der Waals surface area contributed by atoms with Crippen molar-refractivity contribution in [3.8, 4) is 0 Å². The number of anilines is 2. The second-order valence-corrected chi connectivity index (χ2v) is 15.2. The van der Waals surface area contributed by atoms with Crippen molar-refractivity contribution < 1.29 is 13.5 Å². The van der Waals surface area contributed by atoms with Gasteiger partial charge in [-0.05, 0) is 63.8 Å². The predicted octanol–water partition coefficient (Wildman–Crippen LogP) is 7.57. The minimum atomic E-state index is -1.79. The summed E-state index contributed by atoms with van der Waals surface area (Å²) < 4.78 is 1.88. The van der Waals surface area contributed by atoms with Crippen LogP contribution in [0.3, 0.4) is 0 Å². The molecule has 0 saturated carbocycles. The Morgan fingerprint density at radius 1 is 0.757 bits per heavy atom. The zero-order valence-electron chi connectivity index (χ0n) is 22.1. The number of fused-ring (bicyclic) bond motifs is 1. The summed E-state index contributed by atoms with van der Waals surface area (Å²) in [6, 6.07) is 14.8. The van der Waals surface area contributed by atoms with Crippen LogP contribution in [-0.4, -0.2) is 27.7 Å². The normalized spacial score (nSPS) is 13.5. The van der Waals surface area contributed by atoms with Crippen LogP contribution in [0.5, 0.6) is 0 Å². The zero-order valence-corrected chi connectivity index (χ0v) is 25.3. The van der Waals surface area contributed by atoms with E-state index in [2.05, 4.69) is 92.2 Å². The van der Waals surface area contributed by atoms with E-state index < -0.39 is 13.5 Å². The molecule has 0 N–H and O–H groups in total. The molecule has 37 heavy (non-hydrogen) atoms. The molecule has 1 aromatic heterocycles. The molecule has 1 saturated heterocycles. The third-order valence-electron chi connectivity index (χ3n) is 6.32. The fourth-order valence-corrected chi connectivity index (χ4v) is 6.94. The van der Waals surface area contributed by atoms with Crippen LogP contribution in [0.4, 0.5) is 11.4 Å². The third kappa shape index (κ3) is 6.58. The van der Waals surface area contributed by atoms with Crippen molar-refractivity contribution in [3.63, 3.8) is 0 Å². The van der Waals surface area contributed by atoms with Gasteiger partial charge in [-0.25, -0.2) is 0 Å². The van der Waals surface area contributed by atoms with E-state index in [9.17, 15) is 0 Å². The summed E-state index contributed by atoms with van der Waals surface area (Å²) in [7, 11) is 11.6. The summed E-state index contributed by atoms with van der Waals surface area (Å²) in [5.41, 5.74) is 13.3. The number of para-hydroxylation sites is 1. The topological polar surface area (TPSA) is 32.3 Å². The molecule has 0 atom stereocenters. The van der Waals surface area contributed by atoms with E-state index in [1.807, 2.05) is 22.8 Å². The molecule has 194 valence electrons. The van der Waals surface area contributed by atoms with Gasteiger partial charge in [0.05, 0.1) is 0 Å². The van der Waals surface area contributed by atoms with E-state index in [4.69, 9.17) is 19.4 Å². The molecule has 4 nitrogen and oxygen atoms in total. The molecule has 4 aromatic rings. The molecule has 5 rings (SSSR count). The first-order valence-electron chi connectivity index (χ1n) is 12.1. The van der Waals surface area contributed by atoms with E-state index >= 15 is 0 Å². The molecule has 0 bridgehead atoms. The number of nitrogens with zero attached hydrogens (tertiary/aromatic N) is 4. The molecule has 0 aliphatic carbocycles. The molecule has 0 amide bonds. The Morgan fingerprint density at radius 2 is 1.24 bits per heavy atom. The Balaban J connectivity index is 0.000000195. The Kier molecular flexibility index (Phi) is 9.00. The van der Waals surface area contributed by atoms with Gasteiger partial charge in [-0.2, -0.15) is 0 Å². The number of aryl methyl sites for hydroxylation is 6. The van der Waals surface area contributed by atoms with Crippen LogP contribution in [0.1, 0.15) is 38.9 Å². The van der Waals surface area contributed by atoms with Crippen molar-refractivity contribution in [1.82, 2.24) is 9.97 Å². The van der Waals surface area contributed by atoms with Gasteiger partial charge in [0.15, 0.2) is 0 Å². The van der Waals surface area contributed by atoms with Crippen LogP contribution in [0.15, 0.2) is 54.9 Å². The third-order valence-corrected chi connectivity index (χ3v) is 8.15. The summed E-state index contributed by atoms with van der Waals surface area (Å²) >= 11 is -1.79. The van der Waals surface area contributed by atoms with Crippen LogP contribution in [-0.2, 0) is 13.5 Å². The summed E-state index contributed by atoms with van der Waals surface area (Å²) in [6.07, 6.45) is 3.34. The van der Waals surface area contributed by atoms with Gasteiger partial charge in [-0.15, -0.1) is 0 Å². The number of rotatable bonds is 3. The van der Waals surface area contributed by atoms with Gasteiger partial charge in [-0.1, -0.05) is 35.4 Å². The van der Waals surface area contributed by atoms with Crippen molar-refractivity contribution in [2.75, 3.05) is 22.9 Å². The number of benzene rings is 3. The van der Waals surface area contributed by atoms with Gasteiger partial charge in [0.2, 0.25) is 6.67 Å². The Morgan fingerprint density at radius 3 is 1.73 bits per heavy atom. The maximum absolute atomic E-state index is 5.82. The van der Waals surface area contributed by atoms with Crippen molar-refractivity contribution in [1.29, 1.82) is 0 Å². The van der Waals surface area contributed by atoms with E-state index in [1.165, 1.54) is 44.8 Å². The van der Waals surface area contributed by atoms with Gasteiger partial charge in [-0.3, -0.25) is 0 Å². The van der Waals surface area contributed by atoms with E-state index in [0.29, 0.717) is 0 Å². The molecule has 1 aliphatic heterocycles. The Hall–Kier alpha value is -2.33. The van der Waals surface area contributed by atoms with Crippen molar-refractivity contribution in [2.24, 2.45) is 0 Å². The first kappa shape index (κ1) is 27.7. The second-order valence-electron chi connectivity index (χ2n) is 9.48. The Labute approximate surface area is 233 Å². The van der Waals surface area contributed by atoms with Crippen LogP contribution in [0.25, 0.3) is 11.0 Å². The van der Waals surface area contributed by atoms with Gasteiger partial charge < -0.3 is 9.80 Å². The van der Waals surface area contributed by atoms with Gasteiger partial charge in [0.25, 0.3) is 0 Å². The summed E-state index contributed by atoms with van der Waals surface area (Å²) in [4.78, 5) is 13.0. The van der Waals surface area contributed by atoms with Gasteiger partial charge in [0, 0.05) is 24.5 Å². The van der Waals surface area contributed by atoms with Crippen LogP contribution >= 0.6 is 19.4 Å². The first-order chi connectivity index (χ1) is 17.6. The number of hydrogen-bond donors (Lipinski definition) is 0. The Bertz CT molecular complexity index is 1350. The molecule has 1 aliphatic rings. The average molecular weight is 621 g/mol. The molecule has 7 heteroatoms.